The van der Waals surface area contributed by atoms with Gasteiger partial charge in [-0.3, -0.25) is 10.1 Å². The molecule has 0 aliphatic carbocycles. The Kier molecular flexibility index (Phi) is 5.31. The molecule has 1 saturated heterocycles. The van der Waals surface area contributed by atoms with Crippen LogP contribution < -0.4 is 0 Å². The van der Waals surface area contributed by atoms with Crippen LogP contribution in [0.25, 0.3) is 0 Å². The second kappa shape index (κ2) is 6.95. The van der Waals surface area contributed by atoms with Gasteiger partial charge >= 0.3 is 11.8 Å². The molecule has 1 aliphatic heterocycles. The number of carbonyl (C=O) groups excluding carboxylic acids is 1. The van der Waals surface area contributed by atoms with Crippen LogP contribution in [0.2, 0.25) is 0 Å². The van der Waals surface area contributed by atoms with Crippen molar-refractivity contribution in [2.75, 3.05) is 12.3 Å². The number of sulfone groups is 1. The summed E-state index contributed by atoms with van der Waals surface area (Å²) in [6, 6.07) is 1.81. The van der Waals surface area contributed by atoms with Gasteiger partial charge in [0.05, 0.1) is 10.7 Å². The number of rotatable bonds is 4. The fourth-order valence-electron chi connectivity index (χ4n) is 2.66. The summed E-state index contributed by atoms with van der Waals surface area (Å²) >= 11 is 0. The van der Waals surface area contributed by atoms with Gasteiger partial charge in [-0.15, -0.1) is 0 Å². The number of hydrogen-bond acceptors (Lipinski definition) is 7. The van der Waals surface area contributed by atoms with Crippen LogP contribution in [0.3, 0.4) is 0 Å². The Labute approximate surface area is 146 Å². The molecule has 1 aliphatic rings. The van der Waals surface area contributed by atoms with Crippen LogP contribution in [0.5, 0.6) is 0 Å². The Balaban J connectivity index is 2.23. The van der Waals surface area contributed by atoms with Crippen molar-refractivity contribution < 1.29 is 22.9 Å². The van der Waals surface area contributed by atoms with Crippen LogP contribution in [-0.2, 0) is 14.6 Å². The van der Waals surface area contributed by atoms with E-state index in [1.54, 1.807) is 20.8 Å². The molecule has 1 unspecified atom stereocenters. The van der Waals surface area contributed by atoms with E-state index in [2.05, 4.69) is 4.98 Å². The molecule has 10 heteroatoms. The van der Waals surface area contributed by atoms with Crippen molar-refractivity contribution >= 4 is 21.6 Å². The van der Waals surface area contributed by atoms with Crippen LogP contribution >= 0.6 is 0 Å². The Morgan fingerprint density at radius 3 is 2.76 bits per heavy atom. The summed E-state index contributed by atoms with van der Waals surface area (Å²) in [5.74, 6) is -0.426. The molecule has 1 atom stereocenters. The first-order valence-corrected chi connectivity index (χ1v) is 9.48. The van der Waals surface area contributed by atoms with Gasteiger partial charge in [-0.2, -0.15) is 0 Å². The Morgan fingerprint density at radius 2 is 2.16 bits per heavy atom. The molecule has 2 heterocycles. The Bertz CT molecular complexity index is 772. The molecule has 1 aromatic rings. The van der Waals surface area contributed by atoms with E-state index in [1.165, 1.54) is 17.2 Å². The molecule has 0 saturated carbocycles. The van der Waals surface area contributed by atoms with Gasteiger partial charge in [0.1, 0.15) is 5.60 Å². The van der Waals surface area contributed by atoms with E-state index in [-0.39, 0.29) is 0 Å². The number of nitro groups is 1. The molecule has 25 heavy (non-hydrogen) atoms. The monoisotopic (exact) mass is 371 g/mol. The lowest BCUT2D eigenvalue weighted by Gasteiger charge is -2.28. The number of carbonyl (C=O) groups is 1. The van der Waals surface area contributed by atoms with E-state index in [1.807, 2.05) is 0 Å². The summed E-state index contributed by atoms with van der Waals surface area (Å²) in [4.78, 5) is 27.6. The third-order valence-electron chi connectivity index (χ3n) is 3.66. The molecule has 9 nitrogen and oxygen atoms in total. The van der Waals surface area contributed by atoms with Crippen molar-refractivity contribution in [3.05, 3.63) is 28.4 Å². The van der Waals surface area contributed by atoms with E-state index >= 15 is 0 Å². The Morgan fingerprint density at radius 1 is 1.48 bits per heavy atom. The van der Waals surface area contributed by atoms with Gasteiger partial charge in [0.15, 0.2) is 0 Å². The van der Waals surface area contributed by atoms with E-state index in [0.29, 0.717) is 19.4 Å². The highest BCUT2D eigenvalue weighted by Crippen LogP contribution is 2.27. The zero-order valence-corrected chi connectivity index (χ0v) is 15.2. The maximum atomic E-state index is 12.6. The topological polar surface area (TPSA) is 120 Å². The fraction of sp³-hybridized carbons (Fsp3) is 0.600. The van der Waals surface area contributed by atoms with Crippen LogP contribution in [0.15, 0.2) is 23.4 Å². The van der Waals surface area contributed by atoms with Crippen molar-refractivity contribution in [3.8, 4) is 0 Å². The van der Waals surface area contributed by atoms with E-state index in [4.69, 9.17) is 4.74 Å². The fourth-order valence-corrected chi connectivity index (χ4v) is 4.36. The van der Waals surface area contributed by atoms with Gasteiger partial charge in [0, 0.05) is 24.8 Å². The second-order valence-electron chi connectivity index (χ2n) is 6.84. The number of nitrogens with zero attached hydrogens (tertiary/aromatic N) is 3. The van der Waals surface area contributed by atoms with Gasteiger partial charge in [0.2, 0.25) is 14.9 Å². The summed E-state index contributed by atoms with van der Waals surface area (Å²) in [6.07, 6.45) is 1.74. The lowest BCUT2D eigenvalue weighted by Crippen LogP contribution is -2.42. The highest BCUT2D eigenvalue weighted by atomic mass is 32.2. The van der Waals surface area contributed by atoms with Crippen LogP contribution in [0.4, 0.5) is 10.5 Å². The molecule has 0 aromatic carbocycles. The molecule has 1 aromatic heterocycles. The summed E-state index contributed by atoms with van der Waals surface area (Å²) in [5.41, 5.74) is -1.26. The summed E-state index contributed by atoms with van der Waals surface area (Å²) < 4.78 is 30.5. The summed E-state index contributed by atoms with van der Waals surface area (Å²) in [7, 11) is -4.03. The largest absolute Gasteiger partial charge is 0.444 e. The van der Waals surface area contributed by atoms with Gasteiger partial charge in [-0.1, -0.05) is 0 Å². The van der Waals surface area contributed by atoms with Crippen molar-refractivity contribution in [1.29, 1.82) is 0 Å². The normalized spacial score (nSPS) is 18.2. The first-order chi connectivity index (χ1) is 11.5. The molecule has 2 rings (SSSR count). The highest BCUT2D eigenvalue weighted by molar-refractivity contribution is 7.91. The zero-order valence-electron chi connectivity index (χ0n) is 14.3. The predicted octanol–water partition coefficient (Wildman–Crippen LogP) is 2.16. The molecule has 1 amide bonds. The number of hydrogen-bond donors (Lipinski definition) is 0. The number of aromatic nitrogens is 1. The van der Waals surface area contributed by atoms with Crippen LogP contribution in [-0.4, -0.2) is 53.3 Å². The molecule has 1 fully saturated rings. The standard InChI is InChI=1S/C15H21N3O6S/c1-15(2,3)24-14(19)17-9-5-6-11(17)10-25(22,23)13-12(18(20)21)7-4-8-16-13/h4,7-8,11H,5-6,9-10H2,1-3H3. The lowest BCUT2D eigenvalue weighted by molar-refractivity contribution is -0.388. The number of pyridine rings is 1. The summed E-state index contributed by atoms with van der Waals surface area (Å²) in [5, 5.41) is 10.5. The highest BCUT2D eigenvalue weighted by Gasteiger charge is 2.37. The van der Waals surface area contributed by atoms with Crippen molar-refractivity contribution in [2.45, 2.75) is 50.3 Å². The number of likely N-dealkylation sites (tertiary alicyclic amines) is 1. The smallest absolute Gasteiger partial charge is 0.410 e. The first-order valence-electron chi connectivity index (χ1n) is 7.83. The molecular formula is C15H21N3O6S. The predicted molar refractivity (Wildman–Crippen MR) is 88.9 cm³/mol. The zero-order chi connectivity index (χ0) is 18.8. The van der Waals surface area contributed by atoms with E-state index in [0.717, 1.165) is 6.07 Å². The minimum atomic E-state index is -4.03. The maximum Gasteiger partial charge on any atom is 0.410 e. The molecule has 0 N–H and O–H groups in total. The van der Waals surface area contributed by atoms with Gasteiger partial charge in [-0.05, 0) is 39.7 Å². The number of amides is 1. The third kappa shape index (κ3) is 4.65. The van der Waals surface area contributed by atoms with Crippen LogP contribution in [0, 0.1) is 10.1 Å². The van der Waals surface area contributed by atoms with Crippen molar-refractivity contribution in [1.82, 2.24) is 9.88 Å². The first kappa shape index (κ1) is 19.1. The molecule has 0 bridgehead atoms. The molecule has 138 valence electrons. The average Bonchev–Trinajstić information content (AvgIpc) is 2.93. The van der Waals surface area contributed by atoms with Crippen molar-refractivity contribution in [3.63, 3.8) is 0 Å². The van der Waals surface area contributed by atoms with Crippen LogP contribution in [0.1, 0.15) is 33.6 Å². The molecule has 0 radical (unpaired) electrons. The van der Waals surface area contributed by atoms with Gasteiger partial charge in [0.25, 0.3) is 0 Å². The quantitative estimate of drug-likeness (QED) is 0.587. The van der Waals surface area contributed by atoms with E-state index in [9.17, 15) is 23.3 Å². The number of ether oxygens (including phenoxy) is 1. The SMILES string of the molecule is CC(C)(C)OC(=O)N1CCCC1CS(=O)(=O)c1ncccc1[N+](=O)[O-]. The molecule has 0 spiro atoms. The minimum absolute atomic E-state index is 0.388. The Hall–Kier alpha value is -2.23. The molecular weight excluding hydrogens is 350 g/mol. The minimum Gasteiger partial charge on any atom is -0.444 e. The van der Waals surface area contributed by atoms with Gasteiger partial charge in [-0.25, -0.2) is 18.2 Å². The van der Waals surface area contributed by atoms with Crippen molar-refractivity contribution in [2.24, 2.45) is 0 Å². The van der Waals surface area contributed by atoms with Gasteiger partial charge < -0.3 is 9.64 Å². The lowest BCUT2D eigenvalue weighted by atomic mass is 10.2. The second-order valence-corrected chi connectivity index (χ2v) is 8.79. The van der Waals surface area contributed by atoms with E-state index < -0.39 is 49.0 Å². The maximum absolute atomic E-state index is 12.6. The third-order valence-corrected chi connectivity index (χ3v) is 5.39. The summed E-state index contributed by atoms with van der Waals surface area (Å²) in [6.45, 7) is 5.57. The average molecular weight is 371 g/mol.